The average Bonchev–Trinajstić information content (AvgIpc) is 2.70. The van der Waals surface area contributed by atoms with E-state index in [0.29, 0.717) is 17.4 Å². The zero-order valence-corrected chi connectivity index (χ0v) is 22.6. The number of carbonyl (C=O) groups excluding carboxylic acids is 2. The van der Waals surface area contributed by atoms with Gasteiger partial charge in [-0.15, -0.1) is 0 Å². The van der Waals surface area contributed by atoms with Crippen LogP contribution in [0.1, 0.15) is 90.4 Å². The highest BCUT2D eigenvalue weighted by molar-refractivity contribution is 5.88. The lowest BCUT2D eigenvalue weighted by atomic mass is 9.96. The molecule has 0 radical (unpaired) electrons. The number of ether oxygens (including phenoxy) is 1. The van der Waals surface area contributed by atoms with Gasteiger partial charge in [-0.2, -0.15) is 0 Å². The Morgan fingerprint density at radius 1 is 0.811 bits per heavy atom. The summed E-state index contributed by atoms with van der Waals surface area (Å²) < 4.78 is 5.88. The first kappa shape index (κ1) is 36.4. The van der Waals surface area contributed by atoms with Crippen molar-refractivity contribution in [3.05, 3.63) is 0 Å². The molecule has 0 rings (SSSR count). The lowest BCUT2D eigenvalue weighted by Gasteiger charge is -2.29. The molecule has 0 aliphatic rings. The molecule has 1 atom stereocenters. The zero-order chi connectivity index (χ0) is 29.1. The molecule has 4 N–H and O–H groups in total. The third-order valence-electron chi connectivity index (χ3n) is 5.21. The van der Waals surface area contributed by atoms with Gasteiger partial charge >= 0.3 is 23.9 Å². The number of aliphatic carboxylic acids is 4. The van der Waals surface area contributed by atoms with Gasteiger partial charge in [0.1, 0.15) is 6.54 Å². The number of rotatable bonds is 20. The fourth-order valence-electron chi connectivity index (χ4n) is 3.48. The van der Waals surface area contributed by atoms with Crippen LogP contribution in [0, 0.1) is 0 Å². The van der Waals surface area contributed by atoms with Gasteiger partial charge in [0, 0.05) is 18.8 Å². The molecular weight excluding hydrogens is 490 g/mol. The van der Waals surface area contributed by atoms with Crippen molar-refractivity contribution in [2.45, 2.75) is 102 Å². The number of aliphatic hydroxyl groups is 1. The molecule has 0 spiro atoms. The number of carboxylic acids is 4. The number of hydrogen-bond acceptors (Lipinski definition) is 8. The Kier molecular flexibility index (Phi) is 19.1. The molecule has 0 saturated heterocycles. The topological polar surface area (TPSA) is 199 Å². The van der Waals surface area contributed by atoms with Crippen LogP contribution in [0.15, 0.2) is 0 Å². The molecule has 0 aromatic carbocycles. The van der Waals surface area contributed by atoms with Gasteiger partial charge in [-0.05, 0) is 6.42 Å². The van der Waals surface area contributed by atoms with Gasteiger partial charge in [0.25, 0.3) is 0 Å². The third kappa shape index (κ3) is 23.4. The van der Waals surface area contributed by atoms with Crippen molar-refractivity contribution in [1.29, 1.82) is 0 Å². The Morgan fingerprint density at radius 2 is 1.24 bits per heavy atom. The number of hydrogen-bond donors (Lipinski definition) is 4. The van der Waals surface area contributed by atoms with E-state index in [1.165, 1.54) is 38.5 Å². The van der Waals surface area contributed by atoms with Gasteiger partial charge in [0.2, 0.25) is 0 Å². The van der Waals surface area contributed by atoms with Crippen LogP contribution in [0.3, 0.4) is 0 Å². The molecule has 0 aliphatic carbocycles. The molecule has 37 heavy (non-hydrogen) atoms. The Labute approximate surface area is 218 Å². The molecule has 0 fully saturated rings. The van der Waals surface area contributed by atoms with E-state index in [9.17, 15) is 29.1 Å². The minimum Gasteiger partial charge on any atom is -0.550 e. The summed E-state index contributed by atoms with van der Waals surface area (Å²) in [6, 6.07) is 0. The molecule has 12 nitrogen and oxygen atoms in total. The fraction of sp³-hybridized carbons (Fsp3) is 0.800. The minimum absolute atomic E-state index is 0.237. The van der Waals surface area contributed by atoms with Crippen molar-refractivity contribution in [1.82, 2.24) is 0 Å². The molecule has 0 aromatic heterocycles. The number of quaternary nitrogens is 1. The van der Waals surface area contributed by atoms with E-state index < -0.39 is 48.4 Å². The maximum Gasteiger partial charge on any atom is 0.336 e. The highest BCUT2D eigenvalue weighted by Crippen LogP contribution is 2.16. The predicted octanol–water partition coefficient (Wildman–Crippen LogP) is 1.42. The normalized spacial score (nSPS) is 12.1. The van der Waals surface area contributed by atoms with Crippen molar-refractivity contribution in [2.75, 3.05) is 27.7 Å². The van der Waals surface area contributed by atoms with Crippen molar-refractivity contribution in [3.63, 3.8) is 0 Å². The van der Waals surface area contributed by atoms with E-state index in [1.54, 1.807) is 0 Å². The molecule has 0 aliphatic heterocycles. The van der Waals surface area contributed by atoms with Gasteiger partial charge < -0.3 is 39.5 Å². The molecule has 12 heteroatoms. The average molecular weight is 536 g/mol. The maximum absolute atomic E-state index is 11.9. The Bertz CT molecular complexity index is 700. The van der Waals surface area contributed by atoms with Gasteiger partial charge in [-0.25, -0.2) is 4.79 Å². The number of nitrogens with zero attached hydrogens (tertiary/aromatic N) is 1. The second kappa shape index (κ2) is 19.4. The lowest BCUT2D eigenvalue weighted by Crippen LogP contribution is -2.45. The third-order valence-corrected chi connectivity index (χ3v) is 5.21. The van der Waals surface area contributed by atoms with Crippen molar-refractivity contribution in [3.8, 4) is 0 Å². The number of carboxylic acid groups (broad SMARTS) is 4. The van der Waals surface area contributed by atoms with Crippen LogP contribution in [0.25, 0.3) is 0 Å². The van der Waals surface area contributed by atoms with E-state index in [-0.39, 0.29) is 12.4 Å². The summed E-state index contributed by atoms with van der Waals surface area (Å²) in [4.78, 5) is 53.2. The Hall–Kier alpha value is -2.73. The first-order chi connectivity index (χ1) is 17.0. The van der Waals surface area contributed by atoms with E-state index in [4.69, 9.17) is 25.2 Å². The standard InChI is InChI=1S/C19H37NO4.C6H8O7/c1-5-6-7-8-9-10-11-12-13-14-19(23)24-17(15-18(21)22)16-20(2,3)4;7-3(8)1-6(13,5(11)12)2-4(9)10/h17H,5-16H2,1-4H3;13H,1-2H2,(H,7,8)(H,9,10)(H,11,12)/t17-;/m1./s1. The molecule has 0 amide bonds. The van der Waals surface area contributed by atoms with Crippen LogP contribution in [0.5, 0.6) is 0 Å². The second-order valence-corrected chi connectivity index (χ2v) is 10.2. The summed E-state index contributed by atoms with van der Waals surface area (Å²) in [5.41, 5.74) is -2.74. The Balaban J connectivity index is 0. The van der Waals surface area contributed by atoms with Crippen LogP contribution in [-0.4, -0.2) is 94.1 Å². The molecule has 0 heterocycles. The SMILES string of the molecule is CCCCCCCCCCCC(=O)O[C@H](CC(=O)[O-])C[N+](C)(C)C.O=C(O)CC(O)(CC(=O)O)C(=O)O. The summed E-state index contributed by atoms with van der Waals surface area (Å²) in [6.45, 7) is 2.69. The van der Waals surface area contributed by atoms with Gasteiger partial charge in [0.15, 0.2) is 11.7 Å². The summed E-state index contributed by atoms with van der Waals surface area (Å²) in [7, 11) is 5.82. The first-order valence-electron chi connectivity index (χ1n) is 12.6. The van der Waals surface area contributed by atoms with Crippen LogP contribution in [-0.2, 0) is 28.7 Å². The summed E-state index contributed by atoms with van der Waals surface area (Å²) in [5.74, 6) is -6.49. The second-order valence-electron chi connectivity index (χ2n) is 10.2. The lowest BCUT2D eigenvalue weighted by molar-refractivity contribution is -0.873. The predicted molar refractivity (Wildman–Crippen MR) is 131 cm³/mol. The molecule has 0 unspecified atom stereocenters. The number of unbranched alkanes of at least 4 members (excludes halogenated alkanes) is 8. The van der Waals surface area contributed by atoms with Crippen molar-refractivity contribution < 1.29 is 58.7 Å². The first-order valence-corrected chi connectivity index (χ1v) is 12.6. The Morgan fingerprint density at radius 3 is 1.59 bits per heavy atom. The van der Waals surface area contributed by atoms with Crippen LogP contribution in [0.4, 0.5) is 0 Å². The maximum atomic E-state index is 11.9. The van der Waals surface area contributed by atoms with E-state index in [1.807, 2.05) is 21.1 Å². The van der Waals surface area contributed by atoms with E-state index in [0.717, 1.165) is 19.3 Å². The molecule has 0 saturated carbocycles. The highest BCUT2D eigenvalue weighted by Gasteiger charge is 2.40. The zero-order valence-electron chi connectivity index (χ0n) is 22.6. The highest BCUT2D eigenvalue weighted by atomic mass is 16.5. The van der Waals surface area contributed by atoms with Crippen LogP contribution >= 0.6 is 0 Å². The molecule has 0 bridgehead atoms. The van der Waals surface area contributed by atoms with Gasteiger partial charge in [-0.3, -0.25) is 14.4 Å². The molecule has 216 valence electrons. The number of esters is 1. The monoisotopic (exact) mass is 535 g/mol. The molecule has 0 aromatic rings. The van der Waals surface area contributed by atoms with Gasteiger partial charge in [-0.1, -0.05) is 58.3 Å². The molecular formula is C25H45NO11. The largest absolute Gasteiger partial charge is 0.550 e. The number of carbonyl (C=O) groups is 5. The quantitative estimate of drug-likeness (QED) is 0.0998. The summed E-state index contributed by atoms with van der Waals surface area (Å²) >= 11 is 0. The smallest absolute Gasteiger partial charge is 0.336 e. The van der Waals surface area contributed by atoms with Crippen molar-refractivity contribution in [2.24, 2.45) is 0 Å². The summed E-state index contributed by atoms with van der Waals surface area (Å²) in [6.07, 6.45) is 7.98. The van der Waals surface area contributed by atoms with Crippen LogP contribution in [0.2, 0.25) is 0 Å². The van der Waals surface area contributed by atoms with Crippen LogP contribution < -0.4 is 5.11 Å². The van der Waals surface area contributed by atoms with E-state index in [2.05, 4.69) is 6.92 Å². The summed E-state index contributed by atoms with van der Waals surface area (Å²) in [5, 5.41) is 44.6. The van der Waals surface area contributed by atoms with Gasteiger partial charge in [0.05, 0.1) is 34.0 Å². The van der Waals surface area contributed by atoms with Crippen molar-refractivity contribution >= 4 is 29.8 Å². The fourth-order valence-corrected chi connectivity index (χ4v) is 3.48. The van der Waals surface area contributed by atoms with E-state index >= 15 is 0 Å². The minimum atomic E-state index is -2.74. The number of likely N-dealkylation sites (N-methyl/N-ethyl adjacent to an activating group) is 1.